The predicted octanol–water partition coefficient (Wildman–Crippen LogP) is 2.11. The second-order valence-corrected chi connectivity index (χ2v) is 3.14. The van der Waals surface area contributed by atoms with Crippen LogP contribution in [-0.2, 0) is 0 Å². The van der Waals surface area contributed by atoms with E-state index in [-0.39, 0.29) is 6.10 Å². The minimum Gasteiger partial charge on any atom is -0.393 e. The van der Waals surface area contributed by atoms with Gasteiger partial charge >= 0.3 is 0 Å². The maximum atomic E-state index is 9.43. The van der Waals surface area contributed by atoms with Crippen molar-refractivity contribution in [3.05, 3.63) is 12.2 Å². The topological polar surface area (TPSA) is 20.2 Å². The first-order valence-corrected chi connectivity index (χ1v) is 4.15. The molecule has 10 heavy (non-hydrogen) atoms. The van der Waals surface area contributed by atoms with Crippen LogP contribution in [-0.4, -0.2) is 11.2 Å². The molecule has 0 aromatic heterocycles. The Morgan fingerprint density at radius 2 is 2.20 bits per heavy atom. The summed E-state index contributed by atoms with van der Waals surface area (Å²) in [4.78, 5) is 0. The summed E-state index contributed by atoms with van der Waals surface area (Å²) in [5, 5.41) is 9.43. The highest BCUT2D eigenvalue weighted by Crippen LogP contribution is 2.16. The second-order valence-electron chi connectivity index (χ2n) is 3.14. The fourth-order valence-corrected chi connectivity index (χ4v) is 1.32. The second kappa shape index (κ2) is 3.77. The van der Waals surface area contributed by atoms with Gasteiger partial charge in [-0.05, 0) is 25.2 Å². The molecule has 1 rings (SSSR count). The van der Waals surface area contributed by atoms with E-state index in [1.165, 1.54) is 19.3 Å². The highest BCUT2D eigenvalue weighted by atomic mass is 16.3. The molecule has 0 amide bonds. The summed E-state index contributed by atoms with van der Waals surface area (Å²) in [5.41, 5.74) is 0. The van der Waals surface area contributed by atoms with E-state index in [9.17, 15) is 5.11 Å². The summed E-state index contributed by atoms with van der Waals surface area (Å²) < 4.78 is 0. The molecule has 0 aromatic carbocycles. The van der Waals surface area contributed by atoms with Crippen molar-refractivity contribution in [2.24, 2.45) is 5.92 Å². The maximum Gasteiger partial charge on any atom is 0.0600 e. The van der Waals surface area contributed by atoms with E-state index in [1.807, 2.05) is 0 Å². The number of rotatable bonds is 0. The van der Waals surface area contributed by atoms with E-state index >= 15 is 0 Å². The molecule has 0 fully saturated rings. The molecular formula is C9H16O. The van der Waals surface area contributed by atoms with Gasteiger partial charge in [-0.3, -0.25) is 0 Å². The van der Waals surface area contributed by atoms with Gasteiger partial charge in [-0.2, -0.15) is 0 Å². The van der Waals surface area contributed by atoms with Crippen molar-refractivity contribution in [3.63, 3.8) is 0 Å². The van der Waals surface area contributed by atoms with Crippen LogP contribution in [0.4, 0.5) is 0 Å². The third-order valence-corrected chi connectivity index (χ3v) is 2.17. The average molecular weight is 140 g/mol. The van der Waals surface area contributed by atoms with Gasteiger partial charge in [-0.15, -0.1) is 0 Å². The molecule has 0 bridgehead atoms. The van der Waals surface area contributed by atoms with Crippen molar-refractivity contribution in [2.75, 3.05) is 0 Å². The Hall–Kier alpha value is -0.300. The first-order chi connectivity index (χ1) is 4.80. The van der Waals surface area contributed by atoms with E-state index < -0.39 is 0 Å². The van der Waals surface area contributed by atoms with E-state index in [2.05, 4.69) is 19.1 Å². The van der Waals surface area contributed by atoms with Crippen LogP contribution in [0.2, 0.25) is 0 Å². The highest BCUT2D eigenvalue weighted by Gasteiger charge is 2.11. The molecule has 0 saturated heterocycles. The molecule has 0 aliphatic heterocycles. The molecular weight excluding hydrogens is 124 g/mol. The Morgan fingerprint density at radius 3 is 3.00 bits per heavy atom. The van der Waals surface area contributed by atoms with Crippen molar-refractivity contribution in [2.45, 2.75) is 38.7 Å². The monoisotopic (exact) mass is 140 g/mol. The molecule has 0 aromatic rings. The first kappa shape index (κ1) is 7.80. The number of aliphatic hydroxyl groups is 1. The number of allylic oxidation sites excluding steroid dienone is 1. The minimum absolute atomic E-state index is 0.100. The largest absolute Gasteiger partial charge is 0.393 e. The molecule has 1 aliphatic carbocycles. The fourth-order valence-electron chi connectivity index (χ4n) is 1.32. The van der Waals surface area contributed by atoms with E-state index in [0.29, 0.717) is 5.92 Å². The number of aliphatic hydroxyl groups excluding tert-OH is 1. The van der Waals surface area contributed by atoms with E-state index in [4.69, 9.17) is 0 Å². The minimum atomic E-state index is -0.100. The van der Waals surface area contributed by atoms with Gasteiger partial charge in [0.1, 0.15) is 0 Å². The van der Waals surface area contributed by atoms with Crippen molar-refractivity contribution >= 4 is 0 Å². The van der Waals surface area contributed by atoms with Crippen LogP contribution in [0.15, 0.2) is 12.2 Å². The van der Waals surface area contributed by atoms with Gasteiger partial charge in [0.05, 0.1) is 6.10 Å². The number of hydrogen-bond donors (Lipinski definition) is 1. The third-order valence-electron chi connectivity index (χ3n) is 2.17. The lowest BCUT2D eigenvalue weighted by atomic mass is 9.95. The van der Waals surface area contributed by atoms with Gasteiger partial charge in [0.15, 0.2) is 0 Å². The SMILES string of the molecule is C[C@H]1C=CCCCC[C@@H]1O. The smallest absolute Gasteiger partial charge is 0.0600 e. The van der Waals surface area contributed by atoms with Crippen LogP contribution in [0.5, 0.6) is 0 Å². The molecule has 1 nitrogen and oxygen atoms in total. The average Bonchev–Trinajstić information content (AvgIpc) is 1.92. The van der Waals surface area contributed by atoms with Gasteiger partial charge in [-0.25, -0.2) is 0 Å². The molecule has 1 heteroatoms. The van der Waals surface area contributed by atoms with Crippen molar-refractivity contribution in [1.82, 2.24) is 0 Å². The summed E-state index contributed by atoms with van der Waals surface area (Å²) in [6.07, 6.45) is 8.80. The van der Waals surface area contributed by atoms with Gasteiger partial charge in [0, 0.05) is 0 Å². The van der Waals surface area contributed by atoms with Crippen LogP contribution in [0.3, 0.4) is 0 Å². The fraction of sp³-hybridized carbons (Fsp3) is 0.778. The standard InChI is InChI=1S/C9H16O/c1-8-6-4-2-3-5-7-9(8)10/h4,6,8-10H,2-3,5,7H2,1H3/t8-,9-/m0/s1. The number of hydrogen-bond acceptors (Lipinski definition) is 1. The van der Waals surface area contributed by atoms with Crippen LogP contribution < -0.4 is 0 Å². The predicted molar refractivity (Wildman–Crippen MR) is 42.8 cm³/mol. The lowest BCUT2D eigenvalue weighted by molar-refractivity contribution is 0.123. The summed E-state index contributed by atoms with van der Waals surface area (Å²) in [7, 11) is 0. The Kier molecular flexibility index (Phi) is 2.94. The normalized spacial score (nSPS) is 35.0. The van der Waals surface area contributed by atoms with Gasteiger partial charge in [0.2, 0.25) is 0 Å². The maximum absolute atomic E-state index is 9.43. The molecule has 0 radical (unpaired) electrons. The Labute approximate surface area is 62.8 Å². The van der Waals surface area contributed by atoms with Crippen molar-refractivity contribution in [1.29, 1.82) is 0 Å². The quantitative estimate of drug-likeness (QED) is 0.511. The van der Waals surface area contributed by atoms with E-state index in [1.54, 1.807) is 0 Å². The molecule has 0 heterocycles. The summed E-state index contributed by atoms with van der Waals surface area (Å²) in [6.45, 7) is 2.08. The third kappa shape index (κ3) is 2.14. The highest BCUT2D eigenvalue weighted by molar-refractivity contribution is 4.91. The molecule has 1 aliphatic rings. The van der Waals surface area contributed by atoms with Crippen LogP contribution in [0.25, 0.3) is 0 Å². The van der Waals surface area contributed by atoms with Gasteiger partial charge < -0.3 is 5.11 Å². The summed E-state index contributed by atoms with van der Waals surface area (Å²) >= 11 is 0. The Bertz CT molecular complexity index is 118. The van der Waals surface area contributed by atoms with Crippen molar-refractivity contribution in [3.8, 4) is 0 Å². The van der Waals surface area contributed by atoms with Crippen LogP contribution in [0, 0.1) is 5.92 Å². The molecule has 0 saturated carbocycles. The Morgan fingerprint density at radius 1 is 1.40 bits per heavy atom. The zero-order valence-corrected chi connectivity index (χ0v) is 6.59. The lowest BCUT2D eigenvalue weighted by Crippen LogP contribution is -2.16. The van der Waals surface area contributed by atoms with E-state index in [0.717, 1.165) is 6.42 Å². The zero-order valence-electron chi connectivity index (χ0n) is 6.59. The zero-order chi connectivity index (χ0) is 7.40. The van der Waals surface area contributed by atoms with Gasteiger partial charge in [-0.1, -0.05) is 25.5 Å². The summed E-state index contributed by atoms with van der Waals surface area (Å²) in [5.74, 6) is 0.361. The molecule has 1 N–H and O–H groups in total. The van der Waals surface area contributed by atoms with Crippen LogP contribution >= 0.6 is 0 Å². The Balaban J connectivity index is 2.44. The molecule has 58 valence electrons. The molecule has 0 unspecified atom stereocenters. The lowest BCUT2D eigenvalue weighted by Gasteiger charge is -2.16. The van der Waals surface area contributed by atoms with Crippen LogP contribution in [0.1, 0.15) is 32.6 Å². The summed E-state index contributed by atoms with van der Waals surface area (Å²) in [6, 6.07) is 0. The first-order valence-electron chi connectivity index (χ1n) is 4.15. The van der Waals surface area contributed by atoms with Crippen molar-refractivity contribution < 1.29 is 5.11 Å². The van der Waals surface area contributed by atoms with Gasteiger partial charge in [0.25, 0.3) is 0 Å². The molecule has 2 atom stereocenters. The molecule has 0 spiro atoms.